The molecule has 1 aromatic rings. The van der Waals surface area contributed by atoms with Crippen LogP contribution in [0.25, 0.3) is 0 Å². The molecule has 24 heavy (non-hydrogen) atoms. The first kappa shape index (κ1) is 17.4. The first-order chi connectivity index (χ1) is 11.3. The van der Waals surface area contributed by atoms with Crippen molar-refractivity contribution < 1.29 is 17.6 Å². The van der Waals surface area contributed by atoms with Gasteiger partial charge in [0.05, 0.1) is 23.1 Å². The van der Waals surface area contributed by atoms with Crippen LogP contribution in [0, 0.1) is 11.7 Å². The van der Waals surface area contributed by atoms with Crippen molar-refractivity contribution in [2.45, 2.75) is 25.9 Å². The van der Waals surface area contributed by atoms with E-state index in [1.807, 2.05) is 0 Å². The number of carbonyl (C=O) groups excluding carboxylic acids is 1. The SMILES string of the molecule is CC(C)CN1CCN(C(=O)c2ccccc2F)[C@H]2CS(=O)(=O)C[C@H]21. The van der Waals surface area contributed by atoms with Crippen LogP contribution in [0.2, 0.25) is 0 Å². The smallest absolute Gasteiger partial charge is 0.257 e. The molecule has 2 heterocycles. The molecule has 0 bridgehead atoms. The van der Waals surface area contributed by atoms with Crippen molar-refractivity contribution in [3.8, 4) is 0 Å². The largest absolute Gasteiger partial charge is 0.332 e. The summed E-state index contributed by atoms with van der Waals surface area (Å²) < 4.78 is 38.3. The summed E-state index contributed by atoms with van der Waals surface area (Å²) in [5.41, 5.74) is 0.0119. The van der Waals surface area contributed by atoms with Gasteiger partial charge in [-0.25, -0.2) is 12.8 Å². The van der Waals surface area contributed by atoms with Crippen molar-refractivity contribution in [1.82, 2.24) is 9.80 Å². The number of hydrogen-bond acceptors (Lipinski definition) is 4. The third-order valence-electron chi connectivity index (χ3n) is 4.76. The molecule has 0 unspecified atom stereocenters. The summed E-state index contributed by atoms with van der Waals surface area (Å²) in [6.07, 6.45) is 0. The molecule has 2 fully saturated rings. The van der Waals surface area contributed by atoms with Crippen LogP contribution >= 0.6 is 0 Å². The fourth-order valence-corrected chi connectivity index (χ4v) is 5.77. The zero-order valence-electron chi connectivity index (χ0n) is 14.0. The standard InChI is InChI=1S/C17H23FN2O3S/c1-12(2)9-19-7-8-20(16-11-24(22,23)10-15(16)19)17(21)13-5-3-4-6-14(13)18/h3-6,12,15-16H,7-11H2,1-2H3/t15-,16+/m1/s1. The number of rotatable bonds is 3. The molecule has 2 atom stereocenters. The highest BCUT2D eigenvalue weighted by Crippen LogP contribution is 2.29. The first-order valence-corrected chi connectivity index (χ1v) is 10.1. The van der Waals surface area contributed by atoms with Gasteiger partial charge in [-0.1, -0.05) is 26.0 Å². The summed E-state index contributed by atoms with van der Waals surface area (Å²) in [5, 5.41) is 0. The quantitative estimate of drug-likeness (QED) is 0.823. The van der Waals surface area contributed by atoms with Crippen LogP contribution in [0.15, 0.2) is 24.3 Å². The van der Waals surface area contributed by atoms with E-state index >= 15 is 0 Å². The Bertz CT molecular complexity index is 735. The minimum atomic E-state index is -3.19. The number of piperazine rings is 1. The third-order valence-corrected chi connectivity index (χ3v) is 6.45. The molecule has 5 nitrogen and oxygen atoms in total. The lowest BCUT2D eigenvalue weighted by atomic mass is 10.0. The topological polar surface area (TPSA) is 57.7 Å². The molecule has 1 amide bonds. The lowest BCUT2D eigenvalue weighted by molar-refractivity contribution is 0.0293. The molecule has 0 aromatic heterocycles. The van der Waals surface area contributed by atoms with E-state index in [-0.39, 0.29) is 23.1 Å². The number of halogens is 1. The van der Waals surface area contributed by atoms with Crippen LogP contribution < -0.4 is 0 Å². The number of benzene rings is 1. The molecule has 3 rings (SSSR count). The van der Waals surface area contributed by atoms with Crippen LogP contribution in [-0.2, 0) is 9.84 Å². The highest BCUT2D eigenvalue weighted by Gasteiger charge is 2.48. The van der Waals surface area contributed by atoms with E-state index in [2.05, 4.69) is 18.7 Å². The number of hydrogen-bond donors (Lipinski definition) is 0. The zero-order chi connectivity index (χ0) is 17.5. The van der Waals surface area contributed by atoms with Gasteiger partial charge in [0.25, 0.3) is 5.91 Å². The van der Waals surface area contributed by atoms with Gasteiger partial charge in [0.1, 0.15) is 5.82 Å². The highest BCUT2D eigenvalue weighted by atomic mass is 32.2. The molecule has 1 aromatic carbocycles. The molecule has 132 valence electrons. The molecular formula is C17H23FN2O3S. The molecule has 2 aliphatic rings. The number of amides is 1. The van der Waals surface area contributed by atoms with Gasteiger partial charge in [-0.05, 0) is 18.1 Å². The Balaban J connectivity index is 1.88. The number of sulfone groups is 1. The number of carbonyl (C=O) groups is 1. The third kappa shape index (κ3) is 3.32. The van der Waals surface area contributed by atoms with Crippen molar-refractivity contribution in [1.29, 1.82) is 0 Å². The van der Waals surface area contributed by atoms with Crippen LogP contribution in [0.5, 0.6) is 0 Å². The summed E-state index contributed by atoms with van der Waals surface area (Å²) >= 11 is 0. The van der Waals surface area contributed by atoms with E-state index < -0.39 is 27.6 Å². The Labute approximate surface area is 142 Å². The molecule has 2 aliphatic heterocycles. The first-order valence-electron chi connectivity index (χ1n) is 8.28. The Morgan fingerprint density at radius 3 is 2.54 bits per heavy atom. The van der Waals surface area contributed by atoms with Crippen LogP contribution in [0.1, 0.15) is 24.2 Å². The second-order valence-electron chi connectivity index (χ2n) is 7.08. The van der Waals surface area contributed by atoms with Crippen LogP contribution in [0.3, 0.4) is 0 Å². The maximum atomic E-state index is 14.0. The van der Waals surface area contributed by atoms with Gasteiger partial charge in [0.2, 0.25) is 0 Å². The van der Waals surface area contributed by atoms with E-state index in [0.29, 0.717) is 19.0 Å². The molecular weight excluding hydrogens is 331 g/mol. The van der Waals surface area contributed by atoms with Crippen molar-refractivity contribution in [2.24, 2.45) is 5.92 Å². The summed E-state index contributed by atoms with van der Waals surface area (Å²) in [4.78, 5) is 16.5. The maximum absolute atomic E-state index is 14.0. The van der Waals surface area contributed by atoms with Crippen molar-refractivity contribution in [2.75, 3.05) is 31.1 Å². The summed E-state index contributed by atoms with van der Waals surface area (Å²) in [6, 6.07) is 5.28. The molecule has 0 N–H and O–H groups in total. The Hall–Kier alpha value is -1.47. The minimum absolute atomic E-state index is 0.0119. The average Bonchev–Trinajstić information content (AvgIpc) is 2.82. The minimum Gasteiger partial charge on any atom is -0.332 e. The number of fused-ring (bicyclic) bond motifs is 1. The van der Waals surface area contributed by atoms with E-state index in [4.69, 9.17) is 0 Å². The van der Waals surface area contributed by atoms with Gasteiger partial charge in [0.15, 0.2) is 9.84 Å². The number of nitrogens with zero attached hydrogens (tertiary/aromatic N) is 2. The monoisotopic (exact) mass is 354 g/mol. The van der Waals surface area contributed by atoms with E-state index in [9.17, 15) is 17.6 Å². The van der Waals surface area contributed by atoms with E-state index in [1.165, 1.54) is 18.2 Å². The lowest BCUT2D eigenvalue weighted by Gasteiger charge is -2.44. The normalized spacial score (nSPS) is 26.6. The molecule has 2 saturated heterocycles. The van der Waals surface area contributed by atoms with Crippen LogP contribution in [-0.4, -0.2) is 67.3 Å². The summed E-state index contributed by atoms with van der Waals surface area (Å²) in [6.45, 7) is 6.04. The van der Waals surface area contributed by atoms with Crippen LogP contribution in [0.4, 0.5) is 4.39 Å². The van der Waals surface area contributed by atoms with Gasteiger partial charge >= 0.3 is 0 Å². The summed E-state index contributed by atoms with van der Waals surface area (Å²) in [7, 11) is -3.19. The van der Waals surface area contributed by atoms with Crippen molar-refractivity contribution >= 4 is 15.7 Å². The van der Waals surface area contributed by atoms with Gasteiger partial charge < -0.3 is 4.90 Å². The Morgan fingerprint density at radius 1 is 1.21 bits per heavy atom. The second kappa shape index (κ2) is 6.44. The van der Waals surface area contributed by atoms with Gasteiger partial charge in [-0.3, -0.25) is 9.69 Å². The highest BCUT2D eigenvalue weighted by molar-refractivity contribution is 7.91. The van der Waals surface area contributed by atoms with Crippen molar-refractivity contribution in [3.63, 3.8) is 0 Å². The predicted molar refractivity (Wildman–Crippen MR) is 90.1 cm³/mol. The van der Waals surface area contributed by atoms with Crippen molar-refractivity contribution in [3.05, 3.63) is 35.6 Å². The lowest BCUT2D eigenvalue weighted by Crippen LogP contribution is -2.61. The molecule has 0 aliphatic carbocycles. The average molecular weight is 354 g/mol. The van der Waals surface area contributed by atoms with Gasteiger partial charge in [-0.2, -0.15) is 0 Å². The van der Waals surface area contributed by atoms with E-state index in [0.717, 1.165) is 6.54 Å². The molecule has 0 saturated carbocycles. The summed E-state index contributed by atoms with van der Waals surface area (Å²) in [5.74, 6) is -0.519. The fraction of sp³-hybridized carbons (Fsp3) is 0.588. The maximum Gasteiger partial charge on any atom is 0.257 e. The Morgan fingerprint density at radius 2 is 1.88 bits per heavy atom. The van der Waals surface area contributed by atoms with E-state index in [1.54, 1.807) is 11.0 Å². The van der Waals surface area contributed by atoms with Gasteiger partial charge in [-0.15, -0.1) is 0 Å². The Kier molecular flexibility index (Phi) is 4.66. The van der Waals surface area contributed by atoms with Gasteiger partial charge in [0, 0.05) is 25.7 Å². The zero-order valence-corrected chi connectivity index (χ0v) is 14.8. The fourth-order valence-electron chi connectivity index (χ4n) is 3.76. The molecule has 0 radical (unpaired) electrons. The molecule has 0 spiro atoms. The second-order valence-corrected chi connectivity index (χ2v) is 9.23. The predicted octanol–water partition coefficient (Wildman–Crippen LogP) is 1.41. The molecule has 7 heteroatoms.